The monoisotopic (exact) mass is 653 g/mol. The molecule has 2 heterocycles. The van der Waals surface area contributed by atoms with Crippen LogP contribution < -0.4 is 21.1 Å². The molecule has 0 aliphatic carbocycles. The Balaban J connectivity index is 1.35. The fourth-order valence-electron chi connectivity index (χ4n) is 5.82. The third-order valence-electron chi connectivity index (χ3n) is 8.54. The van der Waals surface area contributed by atoms with Crippen molar-refractivity contribution in [3.05, 3.63) is 101 Å². The van der Waals surface area contributed by atoms with Crippen molar-refractivity contribution in [1.82, 2.24) is 19.6 Å². The van der Waals surface area contributed by atoms with Crippen molar-refractivity contribution in [1.29, 1.82) is 0 Å². The molecule has 3 atom stereocenters. The number of fused-ring (bicyclic) bond motifs is 1. The van der Waals surface area contributed by atoms with Gasteiger partial charge in [0.25, 0.3) is 17.7 Å². The molecule has 1 aliphatic heterocycles. The van der Waals surface area contributed by atoms with Crippen LogP contribution in [0.3, 0.4) is 0 Å². The molecule has 5 rings (SSSR count). The molecule has 3 aromatic carbocycles. The Morgan fingerprint density at radius 2 is 1.75 bits per heavy atom. The maximum Gasteiger partial charge on any atom is 0.274 e. The zero-order valence-corrected chi connectivity index (χ0v) is 27.9. The lowest BCUT2D eigenvalue weighted by Crippen LogP contribution is -2.49. The summed E-state index contributed by atoms with van der Waals surface area (Å²) in [6.45, 7) is 6.88. The number of amides is 3. The fraction of sp³-hybridized carbons (Fsp3) is 0.333. The molecule has 0 saturated heterocycles. The standard InChI is InChI=1S/C36H43N7O5/c1-22-18-43(24(3)21-44)36(47)27-9-8-12-30(39-35(46)31-17-23(2)40-42(31)5)33(27)48-32(22)20-41(4)19-25-13-15-26(16-14-25)34(45)38-29-11-7-6-10-28(29)37/h6-17,22,24,32,44H,18-21,37H2,1-5H3,(H,38,45)(H,39,46)/t22-,24-,32-/m1/s1. The zero-order valence-electron chi connectivity index (χ0n) is 27.9. The van der Waals surface area contributed by atoms with Gasteiger partial charge in [0.1, 0.15) is 11.8 Å². The van der Waals surface area contributed by atoms with E-state index in [1.807, 2.05) is 52.1 Å². The smallest absolute Gasteiger partial charge is 0.274 e. The van der Waals surface area contributed by atoms with Crippen LogP contribution in [0.2, 0.25) is 0 Å². The lowest BCUT2D eigenvalue weighted by molar-refractivity contribution is 0.0343. The Hall–Kier alpha value is -5.20. The average Bonchev–Trinajstić information content (AvgIpc) is 3.41. The van der Waals surface area contributed by atoms with Gasteiger partial charge in [0.05, 0.1) is 41.0 Å². The number of hydrogen-bond acceptors (Lipinski definition) is 8. The number of likely N-dealkylation sites (N-methyl/N-ethyl adjacent to an activating group) is 1. The molecule has 48 heavy (non-hydrogen) atoms. The zero-order chi connectivity index (χ0) is 34.5. The highest BCUT2D eigenvalue weighted by atomic mass is 16.5. The third-order valence-corrected chi connectivity index (χ3v) is 8.54. The highest BCUT2D eigenvalue weighted by molar-refractivity contribution is 6.07. The van der Waals surface area contributed by atoms with Gasteiger partial charge in [0.2, 0.25) is 0 Å². The molecule has 252 valence electrons. The lowest BCUT2D eigenvalue weighted by Gasteiger charge is -2.38. The number of ether oxygens (including phenoxy) is 1. The number of nitrogens with two attached hydrogens (primary N) is 1. The van der Waals surface area contributed by atoms with Gasteiger partial charge in [-0.05, 0) is 68.9 Å². The van der Waals surface area contributed by atoms with E-state index < -0.39 is 6.04 Å². The van der Waals surface area contributed by atoms with Crippen LogP contribution >= 0.6 is 0 Å². The van der Waals surface area contributed by atoms with E-state index in [0.29, 0.717) is 59.2 Å². The molecule has 1 aromatic heterocycles. The predicted molar refractivity (Wildman–Crippen MR) is 185 cm³/mol. The van der Waals surface area contributed by atoms with Gasteiger partial charge in [-0.1, -0.05) is 37.3 Å². The molecule has 0 bridgehead atoms. The van der Waals surface area contributed by atoms with Gasteiger partial charge in [-0.3, -0.25) is 24.0 Å². The largest absolute Gasteiger partial charge is 0.486 e. The number of rotatable bonds is 10. The Labute approximate surface area is 280 Å². The Kier molecular flexibility index (Phi) is 10.5. The van der Waals surface area contributed by atoms with Crippen molar-refractivity contribution >= 4 is 34.8 Å². The maximum atomic E-state index is 13.8. The minimum Gasteiger partial charge on any atom is -0.486 e. The molecule has 5 N–H and O–H groups in total. The second-order valence-corrected chi connectivity index (χ2v) is 12.5. The van der Waals surface area contributed by atoms with Gasteiger partial charge in [-0.25, -0.2) is 0 Å². The molecule has 4 aromatic rings. The summed E-state index contributed by atoms with van der Waals surface area (Å²) >= 11 is 0. The Morgan fingerprint density at radius 1 is 1.06 bits per heavy atom. The van der Waals surface area contributed by atoms with Gasteiger partial charge in [0.15, 0.2) is 5.75 Å². The van der Waals surface area contributed by atoms with Crippen LogP contribution in [0.5, 0.6) is 5.75 Å². The lowest BCUT2D eigenvalue weighted by atomic mass is 9.98. The molecule has 0 spiro atoms. The van der Waals surface area contributed by atoms with E-state index in [9.17, 15) is 19.5 Å². The van der Waals surface area contributed by atoms with Gasteiger partial charge >= 0.3 is 0 Å². The number of aliphatic hydroxyl groups is 1. The summed E-state index contributed by atoms with van der Waals surface area (Å²) in [6.07, 6.45) is -0.381. The van der Waals surface area contributed by atoms with Crippen LogP contribution in [-0.2, 0) is 13.6 Å². The van der Waals surface area contributed by atoms with Crippen molar-refractivity contribution in [2.75, 3.05) is 43.1 Å². The van der Waals surface area contributed by atoms with E-state index in [1.165, 1.54) is 4.68 Å². The number of nitrogens with zero attached hydrogens (tertiary/aromatic N) is 4. The summed E-state index contributed by atoms with van der Waals surface area (Å²) in [5.41, 5.74) is 10.3. The first-order valence-corrected chi connectivity index (χ1v) is 15.9. The number of carbonyl (C=O) groups excluding carboxylic acids is 3. The molecule has 0 radical (unpaired) electrons. The second kappa shape index (κ2) is 14.7. The molecule has 1 aliphatic rings. The van der Waals surface area contributed by atoms with E-state index in [0.717, 1.165) is 5.56 Å². The molecule has 0 fully saturated rings. The molecular weight excluding hydrogens is 610 g/mol. The molecule has 3 amide bonds. The van der Waals surface area contributed by atoms with Crippen molar-refractivity contribution in [3.8, 4) is 5.75 Å². The SMILES string of the molecule is Cc1cc(C(=O)Nc2cccc3c2O[C@H](CN(C)Cc2ccc(C(=O)Nc4ccccc4N)cc2)[C@H](C)CN([C@H](C)CO)C3=O)n(C)n1. The summed E-state index contributed by atoms with van der Waals surface area (Å²) in [5.74, 6) is -0.753. The van der Waals surface area contributed by atoms with E-state index in [2.05, 4.69) is 20.6 Å². The van der Waals surface area contributed by atoms with E-state index in [1.54, 1.807) is 60.5 Å². The third kappa shape index (κ3) is 7.67. The summed E-state index contributed by atoms with van der Waals surface area (Å²) in [7, 11) is 3.68. The van der Waals surface area contributed by atoms with Crippen LogP contribution in [0, 0.1) is 12.8 Å². The Morgan fingerprint density at radius 3 is 2.42 bits per heavy atom. The van der Waals surface area contributed by atoms with Gasteiger partial charge in [0, 0.05) is 38.2 Å². The summed E-state index contributed by atoms with van der Waals surface area (Å²) in [5, 5.41) is 20.1. The maximum absolute atomic E-state index is 13.8. The van der Waals surface area contributed by atoms with Crippen LogP contribution in [0.15, 0.2) is 72.8 Å². The number of aliphatic hydroxyl groups excluding tert-OH is 1. The van der Waals surface area contributed by atoms with E-state index >= 15 is 0 Å². The number of aryl methyl sites for hydroxylation is 2. The minimum atomic E-state index is -0.422. The van der Waals surface area contributed by atoms with Gasteiger partial charge in [-0.15, -0.1) is 0 Å². The molecule has 12 nitrogen and oxygen atoms in total. The van der Waals surface area contributed by atoms with Crippen molar-refractivity contribution in [2.24, 2.45) is 13.0 Å². The molecule has 12 heteroatoms. The number of benzene rings is 3. The highest BCUT2D eigenvalue weighted by Crippen LogP contribution is 2.35. The number of hydrogen-bond donors (Lipinski definition) is 4. The first-order chi connectivity index (χ1) is 22.9. The van der Waals surface area contributed by atoms with Crippen molar-refractivity contribution in [3.63, 3.8) is 0 Å². The predicted octanol–water partition coefficient (Wildman–Crippen LogP) is 4.17. The van der Waals surface area contributed by atoms with E-state index in [-0.39, 0.29) is 42.1 Å². The normalized spacial score (nSPS) is 16.8. The summed E-state index contributed by atoms with van der Waals surface area (Å²) < 4.78 is 8.16. The fourth-order valence-corrected chi connectivity index (χ4v) is 5.82. The molecule has 0 unspecified atom stereocenters. The summed E-state index contributed by atoms with van der Waals surface area (Å²) in [6, 6.07) is 20.9. The van der Waals surface area contributed by atoms with Gasteiger partial charge in [-0.2, -0.15) is 5.10 Å². The van der Waals surface area contributed by atoms with Crippen LogP contribution in [0.25, 0.3) is 0 Å². The number of nitrogens with one attached hydrogen (secondary N) is 2. The van der Waals surface area contributed by atoms with Crippen LogP contribution in [0.4, 0.5) is 17.1 Å². The second-order valence-electron chi connectivity index (χ2n) is 12.5. The quantitative estimate of drug-likeness (QED) is 0.186. The van der Waals surface area contributed by atoms with Crippen LogP contribution in [0.1, 0.15) is 56.3 Å². The number of anilines is 3. The number of para-hydroxylation sites is 3. The average molecular weight is 654 g/mol. The first kappa shape index (κ1) is 34.1. The number of nitrogen functional groups attached to an aromatic ring is 1. The van der Waals surface area contributed by atoms with Gasteiger partial charge < -0.3 is 31.1 Å². The van der Waals surface area contributed by atoms with E-state index in [4.69, 9.17) is 10.5 Å². The number of aromatic nitrogens is 2. The highest BCUT2D eigenvalue weighted by Gasteiger charge is 2.35. The Bertz CT molecular complexity index is 1790. The number of carbonyl (C=O) groups is 3. The van der Waals surface area contributed by atoms with Crippen molar-refractivity contribution < 1.29 is 24.2 Å². The van der Waals surface area contributed by atoms with Crippen LogP contribution in [-0.4, -0.2) is 81.3 Å². The van der Waals surface area contributed by atoms with Crippen molar-refractivity contribution in [2.45, 2.75) is 39.5 Å². The first-order valence-electron chi connectivity index (χ1n) is 15.9. The molecular formula is C36H43N7O5. The molecule has 0 saturated carbocycles. The minimum absolute atomic E-state index is 0.126. The summed E-state index contributed by atoms with van der Waals surface area (Å²) in [4.78, 5) is 43.7. The topological polar surface area (TPSA) is 155 Å².